The van der Waals surface area contributed by atoms with E-state index in [9.17, 15) is 39.5 Å². The molecule has 1 atom stereocenters. The molecule has 0 amide bonds. The molecule has 4 aromatic rings. The number of aryl methyl sites for hydroxylation is 1. The number of halogens is 9. The van der Waals surface area contributed by atoms with Crippen LogP contribution in [0.3, 0.4) is 0 Å². The first kappa shape index (κ1) is 46.0. The van der Waals surface area contributed by atoms with Crippen molar-refractivity contribution < 1.29 is 74.0 Å². The minimum atomic E-state index is -5.08. The van der Waals surface area contributed by atoms with Crippen molar-refractivity contribution in [1.82, 2.24) is 20.3 Å². The molecule has 1 unspecified atom stereocenters. The van der Waals surface area contributed by atoms with Gasteiger partial charge in [0.2, 0.25) is 0 Å². The molecule has 0 saturated carbocycles. The highest BCUT2D eigenvalue weighted by Gasteiger charge is 2.39. The number of carbonyl (C=O) groups is 3. The maximum Gasteiger partial charge on any atom is 0.490 e. The molecule has 5 rings (SSSR count). The Kier molecular flexibility index (Phi) is 17.6. The molecule has 23 heteroatoms. The lowest BCUT2D eigenvalue weighted by Gasteiger charge is -2.30. The minimum absolute atomic E-state index is 0.259. The molecule has 0 bridgehead atoms. The number of aromatic nitrogens is 3. The van der Waals surface area contributed by atoms with Crippen molar-refractivity contribution in [3.05, 3.63) is 83.8 Å². The van der Waals surface area contributed by atoms with Crippen LogP contribution in [0.2, 0.25) is 0 Å². The summed E-state index contributed by atoms with van der Waals surface area (Å²) in [6.07, 6.45) is -9.17. The fraction of sp³-hybridized carbons (Fsp3) is 0.312. The van der Waals surface area contributed by atoms with Gasteiger partial charge in [0, 0.05) is 22.7 Å². The molecule has 1 saturated heterocycles. The monoisotopic (exact) mass is 831 g/mol. The predicted octanol–water partition coefficient (Wildman–Crippen LogP) is 8.51. The molecule has 300 valence electrons. The quantitative estimate of drug-likeness (QED) is 0.0842. The van der Waals surface area contributed by atoms with Crippen molar-refractivity contribution in [1.29, 1.82) is 0 Å². The molecule has 3 aromatic heterocycles. The molecule has 1 fully saturated rings. The Hall–Kier alpha value is -5.16. The minimum Gasteiger partial charge on any atom is -0.475 e. The summed E-state index contributed by atoms with van der Waals surface area (Å²) < 4.78 is 101. The molecule has 0 aliphatic carbocycles. The zero-order chi connectivity index (χ0) is 41.4. The van der Waals surface area contributed by atoms with E-state index in [0.29, 0.717) is 17.5 Å². The van der Waals surface area contributed by atoms with E-state index in [1.54, 1.807) is 11.3 Å². The fourth-order valence-electron chi connectivity index (χ4n) is 4.03. The number of thioether (sulfide) groups is 1. The van der Waals surface area contributed by atoms with Gasteiger partial charge in [-0.05, 0) is 69.1 Å². The Morgan fingerprint density at radius 3 is 1.84 bits per heavy atom. The van der Waals surface area contributed by atoms with E-state index in [4.69, 9.17) is 44.4 Å². The number of nitrogens with zero attached hydrogens (tertiary/aromatic N) is 3. The first-order valence-corrected chi connectivity index (χ1v) is 16.9. The van der Waals surface area contributed by atoms with Crippen LogP contribution in [-0.4, -0.2) is 79.8 Å². The lowest BCUT2D eigenvalue weighted by Crippen LogP contribution is -2.30. The number of nitrogens with one attached hydrogen (secondary N) is 2. The lowest BCUT2D eigenvalue weighted by atomic mass is 9.92. The molecule has 0 spiro atoms. The Morgan fingerprint density at radius 1 is 0.855 bits per heavy atom. The molecule has 1 aliphatic heterocycles. The largest absolute Gasteiger partial charge is 0.490 e. The van der Waals surface area contributed by atoms with Gasteiger partial charge in [-0.2, -0.15) is 39.5 Å². The topological polar surface area (TPSA) is 184 Å². The van der Waals surface area contributed by atoms with E-state index in [2.05, 4.69) is 33.8 Å². The Balaban J connectivity index is 0.000000408. The highest BCUT2D eigenvalue weighted by molar-refractivity contribution is 7.99. The van der Waals surface area contributed by atoms with Crippen LogP contribution in [0.25, 0.3) is 0 Å². The van der Waals surface area contributed by atoms with E-state index < -0.39 is 36.4 Å². The van der Waals surface area contributed by atoms with Crippen LogP contribution in [0.4, 0.5) is 50.5 Å². The van der Waals surface area contributed by atoms with Crippen molar-refractivity contribution in [2.45, 2.75) is 48.4 Å². The number of piperidine rings is 1. The summed E-state index contributed by atoms with van der Waals surface area (Å²) in [5.41, 5.74) is 2.09. The van der Waals surface area contributed by atoms with Gasteiger partial charge in [-0.25, -0.2) is 24.4 Å². The number of thiazole rings is 1. The second-order valence-electron chi connectivity index (χ2n) is 10.6. The third-order valence-electron chi connectivity index (χ3n) is 6.42. The van der Waals surface area contributed by atoms with Crippen molar-refractivity contribution >= 4 is 52.0 Å². The van der Waals surface area contributed by atoms with Gasteiger partial charge in [-0.15, -0.1) is 23.1 Å². The van der Waals surface area contributed by atoms with Gasteiger partial charge < -0.3 is 30.7 Å². The SMILES string of the molecule is Cc1csc(Nc2ncc(SC(c3ccccn3)C3CCNCC3)cc2Oc2ccccc2)n1.O=C(O)C(F)(F)F.O=C(O)C(F)(F)F.O=C(O)C(F)(F)F. The summed E-state index contributed by atoms with van der Waals surface area (Å²) in [6.45, 7) is 4.07. The van der Waals surface area contributed by atoms with Crippen LogP contribution in [0.5, 0.6) is 11.5 Å². The number of pyridine rings is 2. The number of carboxylic acids is 3. The lowest BCUT2D eigenvalue weighted by molar-refractivity contribution is -0.193. The van der Waals surface area contributed by atoms with Crippen LogP contribution in [-0.2, 0) is 14.4 Å². The summed E-state index contributed by atoms with van der Waals surface area (Å²) in [5.74, 6) is -5.62. The number of hydrogen-bond donors (Lipinski definition) is 5. The molecular weight excluding hydrogens is 801 g/mol. The van der Waals surface area contributed by atoms with Crippen LogP contribution in [0, 0.1) is 12.8 Å². The Bertz CT molecular complexity index is 1750. The molecule has 5 N–H and O–H groups in total. The number of alkyl halides is 9. The van der Waals surface area contributed by atoms with Crippen molar-refractivity contribution in [3.8, 4) is 11.5 Å². The van der Waals surface area contributed by atoms with Gasteiger partial charge in [-0.1, -0.05) is 24.3 Å². The van der Waals surface area contributed by atoms with Crippen LogP contribution in [0.1, 0.15) is 29.5 Å². The highest BCUT2D eigenvalue weighted by Crippen LogP contribution is 2.45. The standard InChI is InChI=1S/C26H27N5OS2.3C2HF3O2/c1-18-17-33-26(30-18)31-25-23(32-20-7-3-2-4-8-20)15-21(16-29-25)34-24(19-10-13-27-14-11-19)22-9-5-6-12-28-22;3*3-2(4,5)1(6)7/h2-9,12,15-17,19,24,27H,10-11,13-14H2,1H3,(H,29,30,31);3*(H,6,7). The van der Waals surface area contributed by atoms with Gasteiger partial charge in [0.1, 0.15) is 5.75 Å². The number of anilines is 2. The average molecular weight is 832 g/mol. The van der Waals surface area contributed by atoms with Crippen LogP contribution >= 0.6 is 23.1 Å². The number of para-hydroxylation sites is 1. The number of aliphatic carboxylic acids is 3. The first-order chi connectivity index (χ1) is 25.6. The van der Waals surface area contributed by atoms with Crippen LogP contribution in [0.15, 0.2) is 77.3 Å². The Morgan fingerprint density at radius 2 is 1.38 bits per heavy atom. The number of benzene rings is 1. The van der Waals surface area contributed by atoms with Crippen molar-refractivity contribution in [3.63, 3.8) is 0 Å². The summed E-state index contributed by atoms with van der Waals surface area (Å²) in [5, 5.41) is 31.3. The van der Waals surface area contributed by atoms with E-state index in [-0.39, 0.29) is 5.25 Å². The number of hydrogen-bond acceptors (Lipinski definition) is 11. The second kappa shape index (κ2) is 21.1. The summed E-state index contributed by atoms with van der Waals surface area (Å²) in [4.78, 5) is 41.7. The van der Waals surface area contributed by atoms with E-state index >= 15 is 0 Å². The molecular formula is C32H30F9N5O7S2. The second-order valence-corrected chi connectivity index (χ2v) is 12.7. The zero-order valence-electron chi connectivity index (χ0n) is 27.9. The highest BCUT2D eigenvalue weighted by atomic mass is 32.2. The fourth-order valence-corrected chi connectivity index (χ4v) is 6.02. The zero-order valence-corrected chi connectivity index (χ0v) is 29.6. The number of rotatable bonds is 8. The third-order valence-corrected chi connectivity index (χ3v) is 8.68. The maximum atomic E-state index is 10.6. The summed E-state index contributed by atoms with van der Waals surface area (Å²) >= 11 is 3.37. The third kappa shape index (κ3) is 17.2. The van der Waals surface area contributed by atoms with Gasteiger partial charge >= 0.3 is 36.4 Å². The van der Waals surface area contributed by atoms with Gasteiger partial charge in [0.15, 0.2) is 16.7 Å². The smallest absolute Gasteiger partial charge is 0.475 e. The molecule has 12 nitrogen and oxygen atoms in total. The van der Waals surface area contributed by atoms with Gasteiger partial charge in [0.05, 0.1) is 16.6 Å². The summed E-state index contributed by atoms with van der Waals surface area (Å²) in [7, 11) is 0. The number of carboxylic acid groups (broad SMARTS) is 3. The van der Waals surface area contributed by atoms with Crippen molar-refractivity contribution in [2.75, 3.05) is 18.4 Å². The Labute approximate surface area is 313 Å². The maximum absolute atomic E-state index is 10.6. The normalized spacial score (nSPS) is 13.6. The van der Waals surface area contributed by atoms with E-state index in [1.165, 1.54) is 0 Å². The van der Waals surface area contributed by atoms with Gasteiger partial charge in [-0.3, -0.25) is 4.98 Å². The first-order valence-electron chi connectivity index (χ1n) is 15.2. The van der Waals surface area contributed by atoms with Crippen molar-refractivity contribution in [2.24, 2.45) is 5.92 Å². The number of ether oxygens (including phenoxy) is 1. The summed E-state index contributed by atoms with van der Waals surface area (Å²) in [6, 6.07) is 18.1. The van der Waals surface area contributed by atoms with E-state index in [0.717, 1.165) is 53.1 Å². The molecule has 1 aliphatic rings. The van der Waals surface area contributed by atoms with E-state index in [1.807, 2.05) is 72.9 Å². The molecule has 4 heterocycles. The van der Waals surface area contributed by atoms with Crippen LogP contribution < -0.4 is 15.4 Å². The van der Waals surface area contributed by atoms with Gasteiger partial charge in [0.25, 0.3) is 0 Å². The predicted molar refractivity (Wildman–Crippen MR) is 180 cm³/mol. The molecule has 0 radical (unpaired) electrons. The molecule has 1 aromatic carbocycles. The molecule has 55 heavy (non-hydrogen) atoms. The average Bonchev–Trinajstić information content (AvgIpc) is 3.53.